The van der Waals surface area contributed by atoms with Crippen LogP contribution in [0.1, 0.15) is 13.8 Å². The van der Waals surface area contributed by atoms with Gasteiger partial charge in [-0.2, -0.15) is 0 Å². The maximum atomic E-state index is 5.74. The van der Waals surface area contributed by atoms with E-state index in [1.807, 2.05) is 56.3 Å². The van der Waals surface area contributed by atoms with E-state index in [1.165, 1.54) is 0 Å². The summed E-state index contributed by atoms with van der Waals surface area (Å²) in [5.41, 5.74) is 3.60. The normalized spacial score (nSPS) is 11.0. The van der Waals surface area contributed by atoms with Crippen LogP contribution in [0.5, 0.6) is 11.5 Å². The first-order valence-electron chi connectivity index (χ1n) is 8.68. The molecule has 0 bridgehead atoms. The Kier molecular flexibility index (Phi) is 4.31. The fraction of sp³-hybridized carbons (Fsp3) is 0.200. The Hall–Kier alpha value is -3.28. The van der Waals surface area contributed by atoms with Crippen LogP contribution in [0.25, 0.3) is 21.9 Å². The number of benzene rings is 2. The summed E-state index contributed by atoms with van der Waals surface area (Å²) >= 11 is 0. The topological polar surface area (TPSA) is 72.1 Å². The lowest BCUT2D eigenvalue weighted by Gasteiger charge is -2.10. The molecule has 0 fully saturated rings. The zero-order chi connectivity index (χ0) is 17.9. The predicted octanol–water partition coefficient (Wildman–Crippen LogP) is 4.65. The molecule has 0 aliphatic heterocycles. The Morgan fingerprint density at radius 3 is 2.42 bits per heavy atom. The quantitative estimate of drug-likeness (QED) is 0.530. The second-order valence-corrected chi connectivity index (χ2v) is 5.77. The Balaban J connectivity index is 1.86. The number of para-hydroxylation sites is 1. The SMILES string of the molecule is CCOc1cc2[nH]c3c(Nc4ccccc4)ncnc3c2cc1OCC. The van der Waals surface area contributed by atoms with Crippen LogP contribution in [0.2, 0.25) is 0 Å². The number of rotatable bonds is 6. The van der Waals surface area contributed by atoms with Gasteiger partial charge in [-0.25, -0.2) is 9.97 Å². The van der Waals surface area contributed by atoms with Crippen molar-refractivity contribution in [3.05, 3.63) is 48.8 Å². The Bertz CT molecular complexity index is 1040. The fourth-order valence-corrected chi connectivity index (χ4v) is 2.99. The molecule has 0 radical (unpaired) electrons. The van der Waals surface area contributed by atoms with E-state index in [2.05, 4.69) is 20.3 Å². The number of H-pyrrole nitrogens is 1. The molecule has 4 rings (SSSR count). The molecule has 0 saturated carbocycles. The first-order chi connectivity index (χ1) is 12.8. The number of aromatic amines is 1. The number of hydrogen-bond acceptors (Lipinski definition) is 5. The van der Waals surface area contributed by atoms with Gasteiger partial charge in [-0.15, -0.1) is 0 Å². The van der Waals surface area contributed by atoms with Crippen molar-refractivity contribution in [3.63, 3.8) is 0 Å². The van der Waals surface area contributed by atoms with E-state index in [1.54, 1.807) is 6.33 Å². The number of anilines is 2. The van der Waals surface area contributed by atoms with Crippen molar-refractivity contribution < 1.29 is 9.47 Å². The van der Waals surface area contributed by atoms with Crippen molar-refractivity contribution >= 4 is 33.4 Å². The molecule has 132 valence electrons. The zero-order valence-corrected chi connectivity index (χ0v) is 14.7. The van der Waals surface area contributed by atoms with E-state index in [0.29, 0.717) is 13.2 Å². The number of fused-ring (bicyclic) bond motifs is 3. The van der Waals surface area contributed by atoms with Crippen molar-refractivity contribution in [2.75, 3.05) is 18.5 Å². The molecule has 0 unspecified atom stereocenters. The molecule has 0 aliphatic carbocycles. The summed E-state index contributed by atoms with van der Waals surface area (Å²) in [6, 6.07) is 13.9. The molecule has 2 N–H and O–H groups in total. The van der Waals surface area contributed by atoms with Gasteiger partial charge in [0.1, 0.15) is 17.4 Å². The summed E-state index contributed by atoms with van der Waals surface area (Å²) in [7, 11) is 0. The monoisotopic (exact) mass is 348 g/mol. The largest absolute Gasteiger partial charge is 0.490 e. The van der Waals surface area contributed by atoms with Crippen molar-refractivity contribution in [1.82, 2.24) is 15.0 Å². The van der Waals surface area contributed by atoms with E-state index < -0.39 is 0 Å². The van der Waals surface area contributed by atoms with Crippen molar-refractivity contribution in [1.29, 1.82) is 0 Å². The summed E-state index contributed by atoms with van der Waals surface area (Å²) in [4.78, 5) is 12.3. The van der Waals surface area contributed by atoms with Crippen molar-refractivity contribution in [2.24, 2.45) is 0 Å². The number of nitrogens with zero attached hydrogens (tertiary/aromatic N) is 2. The molecule has 6 heteroatoms. The number of ether oxygens (including phenoxy) is 2. The third-order valence-corrected chi connectivity index (χ3v) is 4.08. The smallest absolute Gasteiger partial charge is 0.163 e. The van der Waals surface area contributed by atoms with Crippen LogP contribution >= 0.6 is 0 Å². The Labute approximate surface area is 151 Å². The van der Waals surface area contributed by atoms with Gasteiger partial charge in [0, 0.05) is 17.1 Å². The van der Waals surface area contributed by atoms with Gasteiger partial charge in [0.05, 0.1) is 18.7 Å². The minimum atomic E-state index is 0.573. The van der Waals surface area contributed by atoms with E-state index >= 15 is 0 Å². The van der Waals surface area contributed by atoms with Crippen LogP contribution < -0.4 is 14.8 Å². The van der Waals surface area contributed by atoms with E-state index in [9.17, 15) is 0 Å². The summed E-state index contributed by atoms with van der Waals surface area (Å²) in [5, 5.41) is 4.32. The zero-order valence-electron chi connectivity index (χ0n) is 14.7. The molecule has 2 aromatic heterocycles. The second kappa shape index (κ2) is 6.92. The molecule has 2 heterocycles. The number of aromatic nitrogens is 3. The fourth-order valence-electron chi connectivity index (χ4n) is 2.99. The number of hydrogen-bond donors (Lipinski definition) is 2. The highest BCUT2D eigenvalue weighted by atomic mass is 16.5. The minimum absolute atomic E-state index is 0.573. The first-order valence-corrected chi connectivity index (χ1v) is 8.68. The minimum Gasteiger partial charge on any atom is -0.490 e. The molecule has 0 atom stereocenters. The average Bonchev–Trinajstić information content (AvgIpc) is 3.02. The van der Waals surface area contributed by atoms with Crippen molar-refractivity contribution in [2.45, 2.75) is 13.8 Å². The molecule has 0 spiro atoms. The lowest BCUT2D eigenvalue weighted by molar-refractivity contribution is 0.288. The van der Waals surface area contributed by atoms with Crippen molar-refractivity contribution in [3.8, 4) is 11.5 Å². The van der Waals surface area contributed by atoms with Gasteiger partial charge in [-0.05, 0) is 32.0 Å². The lowest BCUT2D eigenvalue weighted by Crippen LogP contribution is -1.98. The van der Waals surface area contributed by atoms with Gasteiger partial charge < -0.3 is 19.8 Å². The van der Waals surface area contributed by atoms with Gasteiger partial charge in [-0.1, -0.05) is 18.2 Å². The van der Waals surface area contributed by atoms with Crippen LogP contribution in [0.3, 0.4) is 0 Å². The molecular formula is C20H20N4O2. The standard InChI is InChI=1S/C20H20N4O2/c1-3-25-16-10-14-15(11-17(16)26-4-2)24-19-18(14)21-12-22-20(19)23-13-8-6-5-7-9-13/h5-12,24H,3-4H2,1-2H3,(H,21,22,23). The van der Waals surface area contributed by atoms with Gasteiger partial charge in [0.2, 0.25) is 0 Å². The highest BCUT2D eigenvalue weighted by Crippen LogP contribution is 2.37. The van der Waals surface area contributed by atoms with Crippen LogP contribution in [0.15, 0.2) is 48.8 Å². The Morgan fingerprint density at radius 2 is 1.69 bits per heavy atom. The van der Waals surface area contributed by atoms with E-state index in [-0.39, 0.29) is 0 Å². The van der Waals surface area contributed by atoms with Crippen LogP contribution in [0, 0.1) is 0 Å². The summed E-state index contributed by atoms with van der Waals surface area (Å²) in [6.07, 6.45) is 1.57. The molecule has 4 aromatic rings. The maximum Gasteiger partial charge on any atom is 0.163 e. The maximum absolute atomic E-state index is 5.74. The van der Waals surface area contributed by atoms with Gasteiger partial charge in [0.15, 0.2) is 17.3 Å². The summed E-state index contributed by atoms with van der Waals surface area (Å²) in [5.74, 6) is 2.17. The molecule has 0 saturated heterocycles. The van der Waals surface area contributed by atoms with Gasteiger partial charge >= 0.3 is 0 Å². The highest BCUT2D eigenvalue weighted by Gasteiger charge is 2.15. The predicted molar refractivity (Wildman–Crippen MR) is 103 cm³/mol. The molecular weight excluding hydrogens is 328 g/mol. The summed E-state index contributed by atoms with van der Waals surface area (Å²) in [6.45, 7) is 5.06. The second-order valence-electron chi connectivity index (χ2n) is 5.77. The molecule has 2 aromatic carbocycles. The van der Waals surface area contributed by atoms with Crippen LogP contribution in [-0.4, -0.2) is 28.2 Å². The Morgan fingerprint density at radius 1 is 0.962 bits per heavy atom. The summed E-state index contributed by atoms with van der Waals surface area (Å²) < 4.78 is 11.5. The third-order valence-electron chi connectivity index (χ3n) is 4.08. The average molecular weight is 348 g/mol. The van der Waals surface area contributed by atoms with Gasteiger partial charge in [0.25, 0.3) is 0 Å². The highest BCUT2D eigenvalue weighted by molar-refractivity contribution is 6.09. The molecule has 0 aliphatic rings. The van der Waals surface area contributed by atoms with Crippen LogP contribution in [0.4, 0.5) is 11.5 Å². The number of nitrogens with one attached hydrogen (secondary N) is 2. The molecule has 0 amide bonds. The third kappa shape index (κ3) is 2.90. The first kappa shape index (κ1) is 16.2. The molecule has 26 heavy (non-hydrogen) atoms. The van der Waals surface area contributed by atoms with E-state index in [4.69, 9.17) is 9.47 Å². The lowest BCUT2D eigenvalue weighted by atomic mass is 10.2. The van der Waals surface area contributed by atoms with Gasteiger partial charge in [-0.3, -0.25) is 0 Å². The van der Waals surface area contributed by atoms with E-state index in [0.717, 1.165) is 44.9 Å². The molecule has 6 nitrogen and oxygen atoms in total. The van der Waals surface area contributed by atoms with Crippen LogP contribution in [-0.2, 0) is 0 Å².